The summed E-state index contributed by atoms with van der Waals surface area (Å²) >= 11 is 7.40. The van der Waals surface area contributed by atoms with Gasteiger partial charge in [0.1, 0.15) is 0 Å². The maximum absolute atomic E-state index is 11.4. The molecule has 1 heterocycles. The largest absolute Gasteiger partial charge is 2.00 e. The van der Waals surface area contributed by atoms with Crippen LogP contribution in [0.2, 0.25) is 0 Å². The summed E-state index contributed by atoms with van der Waals surface area (Å²) in [5.41, 5.74) is 21.5. The van der Waals surface area contributed by atoms with Gasteiger partial charge in [-0.05, 0) is 39.0 Å². The number of nitrogens with two attached hydrogens (primary N) is 4. The van der Waals surface area contributed by atoms with E-state index in [4.69, 9.17) is 33.8 Å². The third-order valence-corrected chi connectivity index (χ3v) is 4.88. The van der Waals surface area contributed by atoms with Crippen molar-refractivity contribution in [2.45, 2.75) is 12.8 Å². The van der Waals surface area contributed by atoms with Crippen molar-refractivity contribution in [2.75, 3.05) is 78.5 Å². The standard InChI is InChI=1S/C18H36N8O4.2CNS.Co/c19-15(27)11-23-3-1-4-24(12-16(20)28)8-10-26(14-18(22)30)6-2-5-25(9-7-23)13-17(21)29;2*2-1-3;/h1-14H2,(H2,19,27)(H2,20,28)(H2,21,29)(H2,22,30);;;/q;2*-1;+2. The second kappa shape index (κ2) is 25.5. The fraction of sp³-hybridized carbons (Fsp3) is 0.700. The summed E-state index contributed by atoms with van der Waals surface area (Å²) in [5, 5.41) is 16.9. The molecule has 1 aliphatic rings. The van der Waals surface area contributed by atoms with Crippen LogP contribution in [0.5, 0.6) is 0 Å². The smallest absolute Gasteiger partial charge is 0.753 e. The fourth-order valence-electron chi connectivity index (χ4n) is 3.56. The van der Waals surface area contributed by atoms with E-state index < -0.39 is 23.6 Å². The van der Waals surface area contributed by atoms with Gasteiger partial charge in [-0.25, -0.2) is 0 Å². The minimum atomic E-state index is -0.423. The Labute approximate surface area is 238 Å². The van der Waals surface area contributed by atoms with Crippen LogP contribution in [0, 0.1) is 0 Å². The Morgan fingerprint density at radius 2 is 0.703 bits per heavy atom. The summed E-state index contributed by atoms with van der Waals surface area (Å²) in [7, 11) is 0. The van der Waals surface area contributed by atoms with E-state index in [-0.39, 0.29) is 43.0 Å². The molecule has 0 aromatic carbocycles. The van der Waals surface area contributed by atoms with E-state index in [1.807, 2.05) is 19.6 Å². The quantitative estimate of drug-likeness (QED) is 0.165. The third-order valence-electron chi connectivity index (χ3n) is 4.88. The summed E-state index contributed by atoms with van der Waals surface area (Å²) < 4.78 is 0. The molecular weight excluding hydrogens is 567 g/mol. The van der Waals surface area contributed by atoms with Gasteiger partial charge in [0.25, 0.3) is 0 Å². The number of primary amides is 4. The Morgan fingerprint density at radius 3 is 0.838 bits per heavy atom. The van der Waals surface area contributed by atoms with Gasteiger partial charge in [-0.15, -0.1) is 0 Å². The minimum absolute atomic E-state index is 0. The first-order chi connectivity index (χ1) is 17.0. The Morgan fingerprint density at radius 1 is 0.541 bits per heavy atom. The van der Waals surface area contributed by atoms with Crippen molar-refractivity contribution in [3.05, 3.63) is 10.8 Å². The zero-order valence-electron chi connectivity index (χ0n) is 20.7. The van der Waals surface area contributed by atoms with Crippen LogP contribution < -0.4 is 22.9 Å². The molecule has 1 aliphatic heterocycles. The molecule has 1 saturated heterocycles. The average molecular weight is 604 g/mol. The molecule has 17 heteroatoms. The first-order valence-electron chi connectivity index (χ1n) is 11.0. The van der Waals surface area contributed by atoms with Crippen LogP contribution in [-0.4, -0.2) is 132 Å². The van der Waals surface area contributed by atoms with Crippen LogP contribution in [0.3, 0.4) is 0 Å². The minimum Gasteiger partial charge on any atom is -0.753 e. The Kier molecular flexibility index (Phi) is 27.1. The SMILES string of the molecule is NC(=O)CN1CCCN(CC(N)=O)CCN(CC(N)=O)CCCN(CC(N)=O)CC1.[Co+2].[N-]=C=S.[N-]=C=S. The molecule has 4 amide bonds. The number of carbonyl (C=O) groups is 4. The summed E-state index contributed by atoms with van der Waals surface area (Å²) in [4.78, 5) is 53.4. The second-order valence-corrected chi connectivity index (χ2v) is 8.22. The molecule has 0 aliphatic carbocycles. The molecule has 8 N–H and O–H groups in total. The molecule has 1 fully saturated rings. The maximum atomic E-state index is 11.4. The van der Waals surface area contributed by atoms with E-state index >= 15 is 0 Å². The van der Waals surface area contributed by atoms with Gasteiger partial charge in [-0.2, -0.15) is 10.3 Å². The van der Waals surface area contributed by atoms with Crippen LogP contribution in [0.4, 0.5) is 0 Å². The van der Waals surface area contributed by atoms with Crippen LogP contribution in [-0.2, 0) is 36.0 Å². The number of hydrogen-bond donors (Lipinski definition) is 4. The maximum Gasteiger partial charge on any atom is 2.00 e. The number of amides is 4. The molecule has 0 atom stereocenters. The zero-order valence-corrected chi connectivity index (χ0v) is 23.3. The monoisotopic (exact) mass is 603 g/mol. The first-order valence-corrected chi connectivity index (χ1v) is 11.9. The molecule has 1 radical (unpaired) electrons. The predicted molar refractivity (Wildman–Crippen MR) is 144 cm³/mol. The van der Waals surface area contributed by atoms with Gasteiger partial charge in [0.2, 0.25) is 23.6 Å². The number of isothiocyanates is 2. The molecule has 37 heavy (non-hydrogen) atoms. The van der Waals surface area contributed by atoms with Gasteiger partial charge in [-0.1, -0.05) is 24.4 Å². The molecule has 0 aromatic rings. The van der Waals surface area contributed by atoms with Crippen molar-refractivity contribution in [1.29, 1.82) is 0 Å². The van der Waals surface area contributed by atoms with Crippen molar-refractivity contribution >= 4 is 58.4 Å². The van der Waals surface area contributed by atoms with Crippen LogP contribution in [0.1, 0.15) is 12.8 Å². The Hall–Kier alpha value is -2.17. The summed E-state index contributed by atoms with van der Waals surface area (Å²) in [6.07, 6.45) is 1.40. The molecule has 211 valence electrons. The Bertz CT molecular complexity index is 655. The van der Waals surface area contributed by atoms with Crippen molar-refractivity contribution in [3.63, 3.8) is 0 Å². The second-order valence-electron chi connectivity index (χ2n) is 7.86. The number of nitrogens with zero attached hydrogens (tertiary/aromatic N) is 6. The van der Waals surface area contributed by atoms with Gasteiger partial charge in [0.15, 0.2) is 0 Å². The number of carbonyl (C=O) groups excluding carboxylic acids is 4. The van der Waals surface area contributed by atoms with E-state index in [0.717, 1.165) is 0 Å². The van der Waals surface area contributed by atoms with E-state index in [9.17, 15) is 19.2 Å². The molecule has 0 bridgehead atoms. The molecule has 0 spiro atoms. The molecule has 1 rings (SSSR count). The van der Waals surface area contributed by atoms with Crippen molar-refractivity contribution < 1.29 is 36.0 Å². The average Bonchev–Trinajstić information content (AvgIpc) is 2.74. The molecule has 0 unspecified atom stereocenters. The van der Waals surface area contributed by atoms with E-state index in [1.165, 1.54) is 10.3 Å². The van der Waals surface area contributed by atoms with Gasteiger partial charge in [-0.3, -0.25) is 38.8 Å². The van der Waals surface area contributed by atoms with Crippen LogP contribution >= 0.6 is 24.4 Å². The van der Waals surface area contributed by atoms with Crippen molar-refractivity contribution in [1.82, 2.24) is 19.6 Å². The van der Waals surface area contributed by atoms with Gasteiger partial charge in [0, 0.05) is 26.2 Å². The van der Waals surface area contributed by atoms with Gasteiger partial charge in [0.05, 0.1) is 26.2 Å². The topological polar surface area (TPSA) is 230 Å². The number of hydrogen-bond acceptors (Lipinski definition) is 10. The molecule has 14 nitrogen and oxygen atoms in total. The number of rotatable bonds is 8. The van der Waals surface area contributed by atoms with E-state index in [2.05, 4.69) is 24.4 Å². The predicted octanol–water partition coefficient (Wildman–Crippen LogP) is -2.76. The summed E-state index contributed by atoms with van der Waals surface area (Å²) in [6, 6.07) is 0. The summed E-state index contributed by atoms with van der Waals surface area (Å²) in [5.74, 6) is -1.69. The summed E-state index contributed by atoms with van der Waals surface area (Å²) in [6.45, 7) is 5.10. The zero-order chi connectivity index (χ0) is 27.9. The molecule has 0 saturated carbocycles. The fourth-order valence-corrected chi connectivity index (χ4v) is 3.56. The molecular formula is C20H36CoN10O4S2. The first kappa shape index (κ1) is 39.3. The Balaban J connectivity index is -0.00000150. The van der Waals surface area contributed by atoms with Crippen LogP contribution in [0.25, 0.3) is 10.8 Å². The van der Waals surface area contributed by atoms with Gasteiger partial charge < -0.3 is 33.8 Å². The molecule has 0 aromatic heterocycles. The normalized spacial score (nSPS) is 16.4. The van der Waals surface area contributed by atoms with E-state index in [1.54, 1.807) is 0 Å². The number of thiocarbonyl (C=S) groups is 2. The van der Waals surface area contributed by atoms with E-state index in [0.29, 0.717) is 65.2 Å². The van der Waals surface area contributed by atoms with Gasteiger partial charge >= 0.3 is 16.8 Å². The van der Waals surface area contributed by atoms with Crippen LogP contribution in [0.15, 0.2) is 0 Å². The van der Waals surface area contributed by atoms with Crippen molar-refractivity contribution in [3.8, 4) is 0 Å². The third kappa shape index (κ3) is 26.7. The van der Waals surface area contributed by atoms with Crippen molar-refractivity contribution in [2.24, 2.45) is 22.9 Å².